The lowest BCUT2D eigenvalue weighted by Crippen LogP contribution is -2.01. The highest BCUT2D eigenvalue weighted by Crippen LogP contribution is 2.30. The fraction of sp³-hybridized carbons (Fsp3) is 0.389. The third-order valence-electron chi connectivity index (χ3n) is 4.40. The number of benzene rings is 1. The van der Waals surface area contributed by atoms with Gasteiger partial charge in [-0.05, 0) is 87.9 Å². The molecule has 19 heavy (non-hydrogen) atoms. The number of hydrogen-bond donors (Lipinski definition) is 0. The van der Waals surface area contributed by atoms with E-state index in [0.717, 1.165) is 11.4 Å². The molecule has 0 aliphatic heterocycles. The van der Waals surface area contributed by atoms with Gasteiger partial charge in [0, 0.05) is 11.3 Å². The lowest BCUT2D eigenvalue weighted by atomic mass is 9.93. The first-order chi connectivity index (χ1) is 8.82. The van der Waals surface area contributed by atoms with Crippen molar-refractivity contribution in [3.8, 4) is 11.3 Å². The Morgan fingerprint density at radius 2 is 1.21 bits per heavy atom. The Morgan fingerprint density at radius 3 is 1.84 bits per heavy atom. The summed E-state index contributed by atoms with van der Waals surface area (Å²) >= 11 is 0. The van der Waals surface area contributed by atoms with Crippen LogP contribution in [0.15, 0.2) is 12.1 Å². The van der Waals surface area contributed by atoms with Crippen LogP contribution < -0.4 is 0 Å². The minimum atomic E-state index is 1.13. The molecule has 1 heteroatoms. The number of aromatic nitrogens is 1. The number of hydrogen-bond acceptors (Lipinski definition) is 1. The van der Waals surface area contributed by atoms with Crippen LogP contribution in [0, 0.1) is 48.5 Å². The molecule has 0 radical (unpaired) electrons. The van der Waals surface area contributed by atoms with Gasteiger partial charge in [0.15, 0.2) is 0 Å². The average molecular weight is 253 g/mol. The maximum absolute atomic E-state index is 4.83. The highest BCUT2D eigenvalue weighted by molar-refractivity contribution is 5.70. The van der Waals surface area contributed by atoms with Crippen molar-refractivity contribution in [2.75, 3.05) is 0 Å². The van der Waals surface area contributed by atoms with E-state index in [1.165, 1.54) is 38.9 Å². The van der Waals surface area contributed by atoms with Gasteiger partial charge in [-0.15, -0.1) is 0 Å². The topological polar surface area (TPSA) is 12.9 Å². The van der Waals surface area contributed by atoms with Crippen LogP contribution in [0.1, 0.15) is 39.1 Å². The summed E-state index contributed by atoms with van der Waals surface area (Å²) in [6.45, 7) is 15.1. The van der Waals surface area contributed by atoms with Crippen molar-refractivity contribution in [2.24, 2.45) is 0 Å². The Labute approximate surface area is 116 Å². The van der Waals surface area contributed by atoms with Crippen molar-refractivity contribution in [3.05, 3.63) is 51.2 Å². The van der Waals surface area contributed by atoms with Crippen LogP contribution in [0.25, 0.3) is 11.3 Å². The maximum atomic E-state index is 4.83. The van der Waals surface area contributed by atoms with Gasteiger partial charge in [0.05, 0.1) is 5.69 Å². The second-order valence-electron chi connectivity index (χ2n) is 5.67. The van der Waals surface area contributed by atoms with E-state index in [-0.39, 0.29) is 0 Å². The fourth-order valence-electron chi connectivity index (χ4n) is 2.54. The SMILES string of the molecule is Cc1cc(C)c(-c2nc(C)c(C)c(C)c2C)cc1C. The molecule has 2 rings (SSSR count). The van der Waals surface area contributed by atoms with E-state index < -0.39 is 0 Å². The standard InChI is InChI=1S/C18H23N/c1-10-8-12(3)17(9-11(10)2)18-15(6)13(4)14(5)16(7)19-18/h8-9H,1-7H3. The van der Waals surface area contributed by atoms with E-state index in [2.05, 4.69) is 60.6 Å². The normalized spacial score (nSPS) is 10.9. The quantitative estimate of drug-likeness (QED) is 0.704. The first-order valence-corrected chi connectivity index (χ1v) is 6.85. The molecule has 1 heterocycles. The molecule has 0 unspecified atom stereocenters. The molecule has 2 aromatic rings. The number of pyridine rings is 1. The molecule has 0 N–H and O–H groups in total. The molecule has 0 aliphatic rings. The zero-order valence-electron chi connectivity index (χ0n) is 13.1. The zero-order chi connectivity index (χ0) is 14.3. The molecule has 0 atom stereocenters. The van der Waals surface area contributed by atoms with E-state index in [4.69, 9.17) is 4.98 Å². The van der Waals surface area contributed by atoms with Crippen molar-refractivity contribution in [1.82, 2.24) is 4.98 Å². The Morgan fingerprint density at radius 1 is 0.632 bits per heavy atom. The van der Waals surface area contributed by atoms with Crippen molar-refractivity contribution in [3.63, 3.8) is 0 Å². The molecule has 0 bridgehead atoms. The van der Waals surface area contributed by atoms with Gasteiger partial charge in [-0.25, -0.2) is 0 Å². The summed E-state index contributed by atoms with van der Waals surface area (Å²) in [7, 11) is 0. The van der Waals surface area contributed by atoms with E-state index in [1.54, 1.807) is 0 Å². The third-order valence-corrected chi connectivity index (χ3v) is 4.40. The van der Waals surface area contributed by atoms with Crippen molar-refractivity contribution < 1.29 is 0 Å². The molecule has 1 aromatic carbocycles. The molecule has 1 aromatic heterocycles. The minimum Gasteiger partial charge on any atom is -0.253 e. The van der Waals surface area contributed by atoms with Gasteiger partial charge in [-0.3, -0.25) is 4.98 Å². The molecule has 0 spiro atoms. The van der Waals surface area contributed by atoms with Gasteiger partial charge >= 0.3 is 0 Å². The molecule has 0 saturated heterocycles. The van der Waals surface area contributed by atoms with Crippen LogP contribution >= 0.6 is 0 Å². The van der Waals surface area contributed by atoms with Gasteiger partial charge < -0.3 is 0 Å². The lowest BCUT2D eigenvalue weighted by Gasteiger charge is -2.16. The summed E-state index contributed by atoms with van der Waals surface area (Å²) in [5.74, 6) is 0. The number of rotatable bonds is 1. The molecule has 0 amide bonds. The average Bonchev–Trinajstić information content (AvgIpc) is 2.36. The van der Waals surface area contributed by atoms with Crippen LogP contribution in [0.2, 0.25) is 0 Å². The Hall–Kier alpha value is -1.63. The highest BCUT2D eigenvalue weighted by Gasteiger charge is 2.13. The van der Waals surface area contributed by atoms with Gasteiger partial charge in [0.1, 0.15) is 0 Å². The van der Waals surface area contributed by atoms with E-state index in [0.29, 0.717) is 0 Å². The van der Waals surface area contributed by atoms with Crippen LogP contribution in [-0.4, -0.2) is 4.98 Å². The summed E-state index contributed by atoms with van der Waals surface area (Å²) in [6, 6.07) is 4.53. The smallest absolute Gasteiger partial charge is 0.0739 e. The monoisotopic (exact) mass is 253 g/mol. The first-order valence-electron chi connectivity index (χ1n) is 6.85. The zero-order valence-corrected chi connectivity index (χ0v) is 13.1. The van der Waals surface area contributed by atoms with Crippen LogP contribution in [0.3, 0.4) is 0 Å². The Balaban J connectivity index is 2.76. The molecule has 0 fully saturated rings. The maximum Gasteiger partial charge on any atom is 0.0739 e. The second-order valence-corrected chi connectivity index (χ2v) is 5.67. The van der Waals surface area contributed by atoms with E-state index in [9.17, 15) is 0 Å². The lowest BCUT2D eigenvalue weighted by molar-refractivity contribution is 1.09. The Bertz CT molecular complexity index is 651. The van der Waals surface area contributed by atoms with Crippen molar-refractivity contribution in [1.29, 1.82) is 0 Å². The largest absolute Gasteiger partial charge is 0.253 e. The second kappa shape index (κ2) is 4.80. The molecule has 0 saturated carbocycles. The minimum absolute atomic E-state index is 1.13. The van der Waals surface area contributed by atoms with Gasteiger partial charge in [-0.2, -0.15) is 0 Å². The Kier molecular flexibility index (Phi) is 3.49. The van der Waals surface area contributed by atoms with Gasteiger partial charge in [-0.1, -0.05) is 6.07 Å². The van der Waals surface area contributed by atoms with Crippen LogP contribution in [0.4, 0.5) is 0 Å². The molecular formula is C18H23N. The van der Waals surface area contributed by atoms with E-state index in [1.807, 2.05) is 0 Å². The summed E-state index contributed by atoms with van der Waals surface area (Å²) in [5, 5.41) is 0. The fourth-order valence-corrected chi connectivity index (χ4v) is 2.54. The summed E-state index contributed by atoms with van der Waals surface area (Å²) < 4.78 is 0. The van der Waals surface area contributed by atoms with Gasteiger partial charge in [0.25, 0.3) is 0 Å². The van der Waals surface area contributed by atoms with Crippen molar-refractivity contribution in [2.45, 2.75) is 48.5 Å². The summed E-state index contributed by atoms with van der Waals surface area (Å²) in [4.78, 5) is 4.83. The first kappa shape index (κ1) is 13.8. The third kappa shape index (κ3) is 2.30. The number of aryl methyl sites for hydroxylation is 4. The van der Waals surface area contributed by atoms with Gasteiger partial charge in [0.2, 0.25) is 0 Å². The van der Waals surface area contributed by atoms with E-state index >= 15 is 0 Å². The number of nitrogens with zero attached hydrogens (tertiary/aromatic N) is 1. The predicted molar refractivity (Wildman–Crippen MR) is 82.8 cm³/mol. The molecule has 0 aliphatic carbocycles. The summed E-state index contributed by atoms with van der Waals surface area (Å²) in [6.07, 6.45) is 0. The van der Waals surface area contributed by atoms with Crippen LogP contribution in [0.5, 0.6) is 0 Å². The van der Waals surface area contributed by atoms with Crippen molar-refractivity contribution >= 4 is 0 Å². The molecule has 100 valence electrons. The van der Waals surface area contributed by atoms with Crippen LogP contribution in [-0.2, 0) is 0 Å². The predicted octanol–water partition coefficient (Wildman–Crippen LogP) is 4.91. The molecule has 1 nitrogen and oxygen atoms in total. The summed E-state index contributed by atoms with van der Waals surface area (Å²) in [5.41, 5.74) is 11.5. The highest BCUT2D eigenvalue weighted by atomic mass is 14.7. The molecular weight excluding hydrogens is 230 g/mol.